The minimum Gasteiger partial charge on any atom is -0.423 e. The number of nitrogens with one attached hydrogen (secondary N) is 1. The maximum atomic E-state index is 12.2. The Morgan fingerprint density at radius 2 is 1.80 bits per heavy atom. The third kappa shape index (κ3) is 4.42. The lowest BCUT2D eigenvalue weighted by Gasteiger charge is -2.08. The van der Waals surface area contributed by atoms with Crippen molar-refractivity contribution in [1.82, 2.24) is 0 Å². The Labute approximate surface area is 178 Å². The van der Waals surface area contributed by atoms with Crippen LogP contribution >= 0.6 is 11.6 Å². The first-order chi connectivity index (χ1) is 14.4. The lowest BCUT2D eigenvalue weighted by Crippen LogP contribution is -2.11. The molecule has 8 heteroatoms. The molecular formula is C22H15ClN2O4S. The molecule has 0 atom stereocenters. The fraction of sp³-hybridized carbons (Fsp3) is 0. The van der Waals surface area contributed by atoms with Crippen molar-refractivity contribution in [1.29, 1.82) is 0 Å². The van der Waals surface area contributed by atoms with Crippen LogP contribution in [0.2, 0.25) is 5.02 Å². The van der Waals surface area contributed by atoms with Crippen molar-refractivity contribution >= 4 is 45.2 Å². The van der Waals surface area contributed by atoms with E-state index in [4.69, 9.17) is 16.3 Å². The summed E-state index contributed by atoms with van der Waals surface area (Å²) >= 11 is 5.92. The Morgan fingerprint density at radius 1 is 1.00 bits per heavy atom. The molecule has 0 saturated heterocycles. The fourth-order valence-electron chi connectivity index (χ4n) is 2.89. The number of carbonyl (C=O) groups excluding carboxylic acids is 1. The van der Waals surface area contributed by atoms with Crippen LogP contribution in [-0.4, -0.2) is 20.2 Å². The third-order valence-corrected chi connectivity index (χ3v) is 5.78. The van der Waals surface area contributed by atoms with Crippen LogP contribution in [0, 0.1) is 0 Å². The number of esters is 1. The predicted octanol–water partition coefficient (Wildman–Crippen LogP) is 4.52. The Balaban J connectivity index is 1.48. The van der Waals surface area contributed by atoms with E-state index >= 15 is 0 Å². The lowest BCUT2D eigenvalue weighted by molar-refractivity contribution is -0.128. The first-order valence-electron chi connectivity index (χ1n) is 8.88. The third-order valence-electron chi connectivity index (χ3n) is 4.21. The van der Waals surface area contributed by atoms with Crippen LogP contribution in [0.5, 0.6) is 5.75 Å². The molecule has 1 N–H and O–H groups in total. The van der Waals surface area contributed by atoms with Crippen LogP contribution < -0.4 is 10.1 Å². The fourth-order valence-corrected chi connectivity index (χ4v) is 4.27. The van der Waals surface area contributed by atoms with E-state index < -0.39 is 16.0 Å². The number of rotatable bonds is 4. The first-order valence-corrected chi connectivity index (χ1v) is 10.7. The van der Waals surface area contributed by atoms with Crippen LogP contribution in [0.25, 0.3) is 6.08 Å². The topological polar surface area (TPSA) is 84.8 Å². The van der Waals surface area contributed by atoms with Crippen molar-refractivity contribution in [2.75, 3.05) is 5.32 Å². The van der Waals surface area contributed by atoms with E-state index in [0.29, 0.717) is 22.0 Å². The second-order valence-electron chi connectivity index (χ2n) is 6.37. The van der Waals surface area contributed by atoms with Gasteiger partial charge in [-0.2, -0.15) is 8.42 Å². The number of anilines is 1. The van der Waals surface area contributed by atoms with Crippen LogP contribution in [0.1, 0.15) is 11.1 Å². The van der Waals surface area contributed by atoms with Crippen LogP contribution in [0.3, 0.4) is 0 Å². The molecule has 3 aromatic carbocycles. The molecule has 3 aromatic rings. The molecule has 0 aromatic heterocycles. The number of hydrogen-bond donors (Lipinski definition) is 1. The van der Waals surface area contributed by atoms with Crippen molar-refractivity contribution in [2.45, 2.75) is 4.90 Å². The Bertz CT molecular complexity index is 1300. The van der Waals surface area contributed by atoms with Gasteiger partial charge in [-0.05, 0) is 48.0 Å². The number of halogens is 1. The summed E-state index contributed by atoms with van der Waals surface area (Å²) in [4.78, 5) is 12.3. The zero-order valence-electron chi connectivity index (χ0n) is 15.4. The number of carbonyl (C=O) groups is 1. The van der Waals surface area contributed by atoms with Gasteiger partial charge in [0.2, 0.25) is 0 Å². The Kier molecular flexibility index (Phi) is 5.39. The largest absolute Gasteiger partial charge is 0.423 e. The summed E-state index contributed by atoms with van der Waals surface area (Å²) in [5, 5.41) is 3.55. The number of ether oxygens (including phenoxy) is 1. The molecule has 1 aliphatic rings. The molecule has 0 amide bonds. The molecule has 0 unspecified atom stereocenters. The highest BCUT2D eigenvalue weighted by atomic mass is 35.5. The zero-order valence-corrected chi connectivity index (χ0v) is 17.0. The number of sulfonamides is 1. The van der Waals surface area contributed by atoms with Crippen molar-refractivity contribution in [3.05, 3.63) is 95.0 Å². The van der Waals surface area contributed by atoms with Gasteiger partial charge < -0.3 is 10.1 Å². The van der Waals surface area contributed by atoms with Gasteiger partial charge in [0.15, 0.2) is 5.84 Å². The second kappa shape index (κ2) is 8.14. The van der Waals surface area contributed by atoms with Gasteiger partial charge in [0, 0.05) is 28.4 Å². The number of hydrogen-bond acceptors (Lipinski definition) is 5. The molecule has 30 heavy (non-hydrogen) atoms. The molecule has 0 radical (unpaired) electrons. The van der Waals surface area contributed by atoms with Crippen molar-refractivity contribution in [3.8, 4) is 5.75 Å². The van der Waals surface area contributed by atoms with Gasteiger partial charge in [-0.15, -0.1) is 4.40 Å². The van der Waals surface area contributed by atoms with Crippen molar-refractivity contribution in [3.63, 3.8) is 0 Å². The minimum atomic E-state index is -3.72. The van der Waals surface area contributed by atoms with Crippen molar-refractivity contribution in [2.24, 2.45) is 4.40 Å². The average molecular weight is 439 g/mol. The Morgan fingerprint density at radius 3 is 2.63 bits per heavy atom. The van der Waals surface area contributed by atoms with E-state index in [-0.39, 0.29) is 10.7 Å². The monoisotopic (exact) mass is 438 g/mol. The van der Waals surface area contributed by atoms with Crippen LogP contribution in [-0.2, 0) is 14.8 Å². The zero-order chi connectivity index (χ0) is 21.1. The summed E-state index contributed by atoms with van der Waals surface area (Å²) in [7, 11) is -3.72. The van der Waals surface area contributed by atoms with Gasteiger partial charge in [-0.1, -0.05) is 41.9 Å². The first kappa shape index (κ1) is 19.9. The predicted molar refractivity (Wildman–Crippen MR) is 116 cm³/mol. The summed E-state index contributed by atoms with van der Waals surface area (Å²) in [5.74, 6) is -0.0383. The highest BCUT2D eigenvalue weighted by Crippen LogP contribution is 2.27. The molecule has 1 aliphatic heterocycles. The molecule has 1 heterocycles. The number of fused-ring (bicyclic) bond motifs is 1. The van der Waals surface area contributed by atoms with E-state index in [0.717, 1.165) is 5.56 Å². The standard InChI is InChI=1S/C22H15ClN2O4S/c23-16-6-3-5-15(13-16)11-12-21(26)29-18-8-4-7-17(14-18)24-22-19-9-1-2-10-20(19)30(27,28)25-22/h1-14H,(H,24,25). The van der Waals surface area contributed by atoms with E-state index in [1.807, 2.05) is 6.07 Å². The summed E-state index contributed by atoms with van der Waals surface area (Å²) in [6.45, 7) is 0. The molecule has 0 spiro atoms. The minimum absolute atomic E-state index is 0.154. The number of amidine groups is 1. The second-order valence-corrected chi connectivity index (χ2v) is 8.38. The van der Waals surface area contributed by atoms with E-state index in [2.05, 4.69) is 9.71 Å². The number of nitrogens with zero attached hydrogens (tertiary/aromatic N) is 1. The molecule has 0 fully saturated rings. The highest BCUT2D eigenvalue weighted by Gasteiger charge is 2.28. The van der Waals surface area contributed by atoms with Gasteiger partial charge in [0.05, 0.1) is 0 Å². The van der Waals surface area contributed by atoms with Gasteiger partial charge in [0.25, 0.3) is 10.0 Å². The summed E-state index contributed by atoms with van der Waals surface area (Å²) in [6.07, 6.45) is 2.90. The summed E-state index contributed by atoms with van der Waals surface area (Å²) in [6, 6.07) is 20.2. The van der Waals surface area contributed by atoms with Crippen LogP contribution in [0.15, 0.2) is 88.2 Å². The summed E-state index contributed by atoms with van der Waals surface area (Å²) < 4.78 is 33.4. The van der Waals surface area contributed by atoms with E-state index in [1.165, 1.54) is 12.1 Å². The van der Waals surface area contributed by atoms with E-state index in [1.54, 1.807) is 66.7 Å². The van der Waals surface area contributed by atoms with Gasteiger partial charge in [-0.3, -0.25) is 0 Å². The average Bonchev–Trinajstić information content (AvgIpc) is 2.97. The molecule has 0 bridgehead atoms. The number of benzene rings is 3. The van der Waals surface area contributed by atoms with Gasteiger partial charge >= 0.3 is 5.97 Å². The van der Waals surface area contributed by atoms with Crippen molar-refractivity contribution < 1.29 is 17.9 Å². The van der Waals surface area contributed by atoms with E-state index in [9.17, 15) is 13.2 Å². The molecular weight excluding hydrogens is 424 g/mol. The normalized spacial score (nSPS) is 14.2. The lowest BCUT2D eigenvalue weighted by atomic mass is 10.2. The Hall–Kier alpha value is -3.42. The maximum absolute atomic E-state index is 12.2. The molecule has 6 nitrogen and oxygen atoms in total. The highest BCUT2D eigenvalue weighted by molar-refractivity contribution is 7.90. The maximum Gasteiger partial charge on any atom is 0.336 e. The molecule has 4 rings (SSSR count). The summed E-state index contributed by atoms with van der Waals surface area (Å²) in [5.41, 5.74) is 1.79. The molecule has 150 valence electrons. The molecule has 0 saturated carbocycles. The quantitative estimate of drug-likeness (QED) is 0.368. The SMILES string of the molecule is O=C(C=Cc1cccc(Cl)c1)Oc1cccc(NC2=NS(=O)(=O)c3ccccc32)c1. The van der Waals surface area contributed by atoms with Crippen LogP contribution in [0.4, 0.5) is 5.69 Å². The van der Waals surface area contributed by atoms with Gasteiger partial charge in [0.1, 0.15) is 10.6 Å². The molecule has 0 aliphatic carbocycles. The smallest absolute Gasteiger partial charge is 0.336 e. The van der Waals surface area contributed by atoms with Gasteiger partial charge in [-0.25, -0.2) is 4.79 Å².